The second-order valence-corrected chi connectivity index (χ2v) is 8.21. The summed E-state index contributed by atoms with van der Waals surface area (Å²) in [6, 6.07) is 15.6. The van der Waals surface area contributed by atoms with Crippen LogP contribution in [0, 0.1) is 17.7 Å². The van der Waals surface area contributed by atoms with Crippen LogP contribution in [0.2, 0.25) is 0 Å². The number of ketones is 1. The summed E-state index contributed by atoms with van der Waals surface area (Å²) in [5.74, 6) is -1.50. The minimum atomic E-state index is -0.460. The fourth-order valence-electron chi connectivity index (χ4n) is 4.24. The van der Waals surface area contributed by atoms with Crippen LogP contribution < -0.4 is 5.32 Å². The molecule has 3 aromatic rings. The number of imidazole rings is 1. The van der Waals surface area contributed by atoms with Crippen LogP contribution in [0.15, 0.2) is 73.3 Å². The topological polar surface area (TPSA) is 67.2 Å². The smallest absolute Gasteiger partial charge is 0.225 e. The maximum atomic E-state index is 13.3. The Morgan fingerprint density at radius 1 is 1.03 bits per heavy atom. The molecular weight excluding hydrogens is 407 g/mol. The van der Waals surface area contributed by atoms with Crippen LogP contribution in [0.5, 0.6) is 0 Å². The predicted octanol–water partition coefficient (Wildman–Crippen LogP) is 3.16. The predicted molar refractivity (Wildman–Crippen MR) is 119 cm³/mol. The molecule has 1 N–H and O–H groups in total. The Morgan fingerprint density at radius 3 is 2.50 bits per heavy atom. The average molecular weight is 435 g/mol. The van der Waals surface area contributed by atoms with Crippen molar-refractivity contribution in [1.82, 2.24) is 19.8 Å². The molecule has 1 aliphatic rings. The number of carbonyl (C=O) groups is 2. The fourth-order valence-corrected chi connectivity index (χ4v) is 4.24. The van der Waals surface area contributed by atoms with Crippen molar-refractivity contribution in [2.45, 2.75) is 19.5 Å². The zero-order chi connectivity index (χ0) is 22.3. The lowest BCUT2D eigenvalue weighted by Gasteiger charge is -2.17. The van der Waals surface area contributed by atoms with Gasteiger partial charge in [-0.05, 0) is 36.2 Å². The van der Waals surface area contributed by atoms with E-state index in [1.165, 1.54) is 24.3 Å². The van der Waals surface area contributed by atoms with Gasteiger partial charge in [-0.3, -0.25) is 14.5 Å². The van der Waals surface area contributed by atoms with E-state index >= 15 is 0 Å². The molecular formula is C25H27FN4O2. The first-order valence-corrected chi connectivity index (χ1v) is 10.9. The number of halogens is 1. The third-order valence-electron chi connectivity index (χ3n) is 5.90. The van der Waals surface area contributed by atoms with Gasteiger partial charge in [-0.1, -0.05) is 30.3 Å². The van der Waals surface area contributed by atoms with E-state index in [1.807, 2.05) is 41.1 Å². The van der Waals surface area contributed by atoms with Crippen molar-refractivity contribution < 1.29 is 14.0 Å². The molecule has 0 aliphatic carbocycles. The normalized spacial score (nSPS) is 18.5. The van der Waals surface area contributed by atoms with Crippen molar-refractivity contribution in [2.75, 3.05) is 19.6 Å². The standard InChI is InChI=1S/C25H27FN4O2/c26-21-9-7-20(8-10-21)24(31)22-16-30(15-19-5-2-1-3-6-19)17-23(22)25(32)28-11-4-13-29-14-12-27-18-29/h1-3,5-10,12,14,18,22-23H,4,11,13,15-17H2,(H,28,32)/t22-,23-/m1/s1. The molecule has 0 bridgehead atoms. The summed E-state index contributed by atoms with van der Waals surface area (Å²) in [4.78, 5) is 32.4. The minimum Gasteiger partial charge on any atom is -0.356 e. The lowest BCUT2D eigenvalue weighted by Crippen LogP contribution is -2.38. The number of Topliss-reactive ketones (excluding diaryl/α,β-unsaturated/α-hetero) is 1. The summed E-state index contributed by atoms with van der Waals surface area (Å²) in [5, 5.41) is 3.01. The van der Waals surface area contributed by atoms with Gasteiger partial charge in [0.2, 0.25) is 5.91 Å². The fraction of sp³-hybridized carbons (Fsp3) is 0.320. The Bertz CT molecular complexity index is 1020. The monoisotopic (exact) mass is 434 g/mol. The lowest BCUT2D eigenvalue weighted by atomic mass is 9.88. The van der Waals surface area contributed by atoms with E-state index in [2.05, 4.69) is 15.2 Å². The van der Waals surface area contributed by atoms with E-state index in [4.69, 9.17) is 0 Å². The first-order chi connectivity index (χ1) is 15.6. The molecule has 2 aromatic carbocycles. The molecule has 1 amide bonds. The van der Waals surface area contributed by atoms with Gasteiger partial charge < -0.3 is 9.88 Å². The number of hydrogen-bond donors (Lipinski definition) is 1. The quantitative estimate of drug-likeness (QED) is 0.415. The summed E-state index contributed by atoms with van der Waals surface area (Å²) in [6.45, 7) is 2.99. The van der Waals surface area contributed by atoms with Crippen LogP contribution in [0.4, 0.5) is 4.39 Å². The number of hydrogen-bond acceptors (Lipinski definition) is 4. The largest absolute Gasteiger partial charge is 0.356 e. The van der Waals surface area contributed by atoms with Crippen molar-refractivity contribution >= 4 is 11.7 Å². The molecule has 1 aromatic heterocycles. The number of rotatable bonds is 9. The molecule has 1 fully saturated rings. The van der Waals surface area contributed by atoms with Crippen molar-refractivity contribution in [3.63, 3.8) is 0 Å². The van der Waals surface area contributed by atoms with Gasteiger partial charge in [0.25, 0.3) is 0 Å². The van der Waals surface area contributed by atoms with Crippen molar-refractivity contribution in [2.24, 2.45) is 11.8 Å². The molecule has 4 rings (SSSR count). The van der Waals surface area contributed by atoms with Crippen molar-refractivity contribution in [3.8, 4) is 0 Å². The van der Waals surface area contributed by atoms with E-state index in [9.17, 15) is 14.0 Å². The molecule has 32 heavy (non-hydrogen) atoms. The van der Waals surface area contributed by atoms with Gasteiger partial charge in [-0.2, -0.15) is 0 Å². The number of aryl methyl sites for hydroxylation is 1. The highest BCUT2D eigenvalue weighted by atomic mass is 19.1. The molecule has 2 heterocycles. The number of amides is 1. The number of aromatic nitrogens is 2. The van der Waals surface area contributed by atoms with Gasteiger partial charge in [0.15, 0.2) is 5.78 Å². The van der Waals surface area contributed by atoms with Crippen LogP contribution in [0.25, 0.3) is 0 Å². The highest BCUT2D eigenvalue weighted by Gasteiger charge is 2.41. The Hall–Kier alpha value is -3.32. The average Bonchev–Trinajstić information content (AvgIpc) is 3.47. The van der Waals surface area contributed by atoms with Crippen LogP contribution in [-0.4, -0.2) is 45.8 Å². The molecule has 0 spiro atoms. The molecule has 0 unspecified atom stereocenters. The molecule has 166 valence electrons. The first kappa shape index (κ1) is 21.9. The van der Waals surface area contributed by atoms with Crippen LogP contribution >= 0.6 is 0 Å². The molecule has 0 radical (unpaired) electrons. The molecule has 7 heteroatoms. The van der Waals surface area contributed by atoms with Gasteiger partial charge in [-0.25, -0.2) is 9.37 Å². The van der Waals surface area contributed by atoms with Crippen LogP contribution in [0.1, 0.15) is 22.3 Å². The van der Waals surface area contributed by atoms with Crippen molar-refractivity contribution in [3.05, 3.63) is 90.3 Å². The Balaban J connectivity index is 1.42. The van der Waals surface area contributed by atoms with E-state index in [1.54, 1.807) is 12.5 Å². The highest BCUT2D eigenvalue weighted by molar-refractivity contribution is 6.01. The third kappa shape index (κ3) is 5.48. The molecule has 1 saturated heterocycles. The minimum absolute atomic E-state index is 0.105. The molecule has 6 nitrogen and oxygen atoms in total. The Labute approximate surface area is 187 Å². The van der Waals surface area contributed by atoms with Gasteiger partial charge in [-0.15, -0.1) is 0 Å². The second-order valence-electron chi connectivity index (χ2n) is 8.21. The van der Waals surface area contributed by atoms with E-state index < -0.39 is 11.8 Å². The second kappa shape index (κ2) is 10.3. The maximum Gasteiger partial charge on any atom is 0.225 e. The number of benzene rings is 2. The Kier molecular flexibility index (Phi) is 7.07. The number of nitrogens with zero attached hydrogens (tertiary/aromatic N) is 3. The summed E-state index contributed by atoms with van der Waals surface area (Å²) >= 11 is 0. The molecule has 2 atom stereocenters. The number of carbonyl (C=O) groups excluding carboxylic acids is 2. The third-order valence-corrected chi connectivity index (χ3v) is 5.90. The van der Waals surface area contributed by atoms with Crippen LogP contribution in [-0.2, 0) is 17.9 Å². The van der Waals surface area contributed by atoms with E-state index in [0.717, 1.165) is 18.5 Å². The molecule has 1 aliphatic heterocycles. The van der Waals surface area contributed by atoms with E-state index in [-0.39, 0.29) is 17.5 Å². The van der Waals surface area contributed by atoms with Gasteiger partial charge >= 0.3 is 0 Å². The summed E-state index contributed by atoms with van der Waals surface area (Å²) < 4.78 is 15.3. The molecule has 0 saturated carbocycles. The SMILES string of the molecule is O=C(NCCCn1ccnc1)[C@@H]1CN(Cc2ccccc2)C[C@H]1C(=O)c1ccc(F)cc1. The zero-order valence-corrected chi connectivity index (χ0v) is 17.9. The maximum absolute atomic E-state index is 13.3. The van der Waals surface area contributed by atoms with Crippen molar-refractivity contribution in [1.29, 1.82) is 0 Å². The first-order valence-electron chi connectivity index (χ1n) is 10.9. The summed E-state index contributed by atoms with van der Waals surface area (Å²) in [7, 11) is 0. The zero-order valence-electron chi connectivity index (χ0n) is 17.9. The highest BCUT2D eigenvalue weighted by Crippen LogP contribution is 2.28. The Morgan fingerprint density at radius 2 is 1.78 bits per heavy atom. The number of nitrogens with one attached hydrogen (secondary N) is 1. The lowest BCUT2D eigenvalue weighted by molar-refractivity contribution is -0.125. The summed E-state index contributed by atoms with van der Waals surface area (Å²) in [5.41, 5.74) is 1.58. The van der Waals surface area contributed by atoms with Crippen LogP contribution in [0.3, 0.4) is 0 Å². The van der Waals surface area contributed by atoms with Gasteiger partial charge in [0.05, 0.1) is 12.2 Å². The van der Waals surface area contributed by atoms with E-state index in [0.29, 0.717) is 31.7 Å². The van der Waals surface area contributed by atoms with Gasteiger partial charge in [0.1, 0.15) is 5.82 Å². The van der Waals surface area contributed by atoms with Gasteiger partial charge in [0, 0.05) is 56.6 Å². The number of likely N-dealkylation sites (tertiary alicyclic amines) is 1. The summed E-state index contributed by atoms with van der Waals surface area (Å²) in [6.07, 6.45) is 6.14.